The molecule has 0 aromatic carbocycles. The highest BCUT2D eigenvalue weighted by molar-refractivity contribution is 5.78. The topological polar surface area (TPSA) is 37.8 Å². The van der Waals surface area contributed by atoms with Gasteiger partial charge in [0.1, 0.15) is 5.52 Å². The van der Waals surface area contributed by atoms with Gasteiger partial charge >= 0.3 is 0 Å². The summed E-state index contributed by atoms with van der Waals surface area (Å²) in [5, 5.41) is 1.03. The SMILES string of the molecule is CCCCCCn1ccc2cc[nH]c(=O)c21. The van der Waals surface area contributed by atoms with Crippen molar-refractivity contribution in [1.29, 1.82) is 0 Å². The van der Waals surface area contributed by atoms with Gasteiger partial charge < -0.3 is 9.55 Å². The second-order valence-corrected chi connectivity index (χ2v) is 4.18. The van der Waals surface area contributed by atoms with Crippen LogP contribution >= 0.6 is 0 Å². The predicted octanol–water partition coefficient (Wildman–Crippen LogP) is 2.91. The van der Waals surface area contributed by atoms with Crippen LogP contribution in [0, 0.1) is 0 Å². The van der Waals surface area contributed by atoms with Gasteiger partial charge in [-0.25, -0.2) is 0 Å². The Morgan fingerprint density at radius 2 is 2.12 bits per heavy atom. The zero-order valence-corrected chi connectivity index (χ0v) is 9.70. The van der Waals surface area contributed by atoms with Crippen molar-refractivity contribution in [3.8, 4) is 0 Å². The molecule has 0 amide bonds. The molecule has 2 aromatic heterocycles. The number of H-pyrrole nitrogens is 1. The van der Waals surface area contributed by atoms with Gasteiger partial charge in [-0.2, -0.15) is 0 Å². The van der Waals surface area contributed by atoms with Crippen molar-refractivity contribution in [2.75, 3.05) is 0 Å². The van der Waals surface area contributed by atoms with Crippen LogP contribution in [-0.4, -0.2) is 9.55 Å². The van der Waals surface area contributed by atoms with Crippen LogP contribution in [0.2, 0.25) is 0 Å². The summed E-state index contributed by atoms with van der Waals surface area (Å²) in [4.78, 5) is 14.4. The zero-order chi connectivity index (χ0) is 11.4. The number of rotatable bonds is 5. The van der Waals surface area contributed by atoms with E-state index in [1.807, 2.05) is 18.3 Å². The first-order valence-corrected chi connectivity index (χ1v) is 5.99. The molecule has 0 aliphatic heterocycles. The molecule has 0 saturated heterocycles. The fourth-order valence-corrected chi connectivity index (χ4v) is 2.06. The molecule has 16 heavy (non-hydrogen) atoms. The first-order valence-electron chi connectivity index (χ1n) is 5.99. The van der Waals surface area contributed by atoms with Crippen molar-refractivity contribution in [3.05, 3.63) is 34.9 Å². The minimum Gasteiger partial charge on any atom is -0.343 e. The molecule has 0 aliphatic carbocycles. The minimum absolute atomic E-state index is 0.0120. The summed E-state index contributed by atoms with van der Waals surface area (Å²) >= 11 is 0. The van der Waals surface area contributed by atoms with Crippen LogP contribution in [-0.2, 0) is 6.54 Å². The monoisotopic (exact) mass is 218 g/mol. The minimum atomic E-state index is 0.0120. The maximum absolute atomic E-state index is 11.7. The first-order chi connectivity index (χ1) is 7.83. The molecule has 2 heterocycles. The van der Waals surface area contributed by atoms with E-state index >= 15 is 0 Å². The molecule has 0 bridgehead atoms. The van der Waals surface area contributed by atoms with Crippen molar-refractivity contribution in [2.24, 2.45) is 0 Å². The van der Waals surface area contributed by atoms with E-state index in [1.54, 1.807) is 6.20 Å². The Bertz CT molecular complexity index is 510. The van der Waals surface area contributed by atoms with Gasteiger partial charge in [0.05, 0.1) is 0 Å². The Hall–Kier alpha value is -1.51. The van der Waals surface area contributed by atoms with Gasteiger partial charge in [0.15, 0.2) is 0 Å². The van der Waals surface area contributed by atoms with E-state index in [9.17, 15) is 4.79 Å². The quantitative estimate of drug-likeness (QED) is 0.770. The molecule has 86 valence electrons. The van der Waals surface area contributed by atoms with E-state index < -0.39 is 0 Å². The van der Waals surface area contributed by atoms with E-state index in [-0.39, 0.29) is 5.56 Å². The molecule has 0 fully saturated rings. The predicted molar refractivity (Wildman–Crippen MR) is 66.7 cm³/mol. The molecule has 3 nitrogen and oxygen atoms in total. The van der Waals surface area contributed by atoms with Gasteiger partial charge in [0.2, 0.25) is 0 Å². The molecular weight excluding hydrogens is 200 g/mol. The van der Waals surface area contributed by atoms with Crippen molar-refractivity contribution < 1.29 is 0 Å². The third-order valence-corrected chi connectivity index (χ3v) is 2.94. The van der Waals surface area contributed by atoms with Crippen LogP contribution in [0.15, 0.2) is 29.3 Å². The van der Waals surface area contributed by atoms with Crippen LogP contribution < -0.4 is 5.56 Å². The highest BCUT2D eigenvalue weighted by Gasteiger charge is 2.03. The molecule has 0 atom stereocenters. The average Bonchev–Trinajstić information content (AvgIpc) is 2.69. The Kier molecular flexibility index (Phi) is 3.44. The second-order valence-electron chi connectivity index (χ2n) is 4.18. The number of aryl methyl sites for hydroxylation is 1. The normalized spacial score (nSPS) is 11.1. The van der Waals surface area contributed by atoms with Gasteiger partial charge in [-0.15, -0.1) is 0 Å². The maximum atomic E-state index is 11.7. The lowest BCUT2D eigenvalue weighted by atomic mass is 10.2. The van der Waals surface area contributed by atoms with Crippen molar-refractivity contribution >= 4 is 10.9 Å². The zero-order valence-electron chi connectivity index (χ0n) is 9.70. The molecule has 0 spiro atoms. The van der Waals surface area contributed by atoms with E-state index in [0.29, 0.717) is 0 Å². The van der Waals surface area contributed by atoms with Gasteiger partial charge in [0, 0.05) is 24.3 Å². The lowest BCUT2D eigenvalue weighted by Crippen LogP contribution is -2.10. The van der Waals surface area contributed by atoms with Crippen LogP contribution in [0.4, 0.5) is 0 Å². The third kappa shape index (κ3) is 2.18. The summed E-state index contributed by atoms with van der Waals surface area (Å²) in [5.41, 5.74) is 0.817. The Morgan fingerprint density at radius 3 is 2.94 bits per heavy atom. The Morgan fingerprint density at radius 1 is 1.25 bits per heavy atom. The molecular formula is C13H18N2O. The summed E-state index contributed by atoms with van der Waals surface area (Å²) in [6.07, 6.45) is 8.60. The van der Waals surface area contributed by atoms with E-state index in [0.717, 1.165) is 23.9 Å². The summed E-state index contributed by atoms with van der Waals surface area (Å²) < 4.78 is 2.06. The molecule has 0 saturated carbocycles. The van der Waals surface area contributed by atoms with Crippen LogP contribution in [0.1, 0.15) is 32.6 Å². The number of unbranched alkanes of at least 4 members (excludes halogenated alkanes) is 3. The highest BCUT2D eigenvalue weighted by Crippen LogP contribution is 2.12. The Labute approximate surface area is 95.1 Å². The number of pyridine rings is 1. The summed E-state index contributed by atoms with van der Waals surface area (Å²) in [6, 6.07) is 3.95. The number of hydrogen-bond donors (Lipinski definition) is 1. The number of nitrogens with one attached hydrogen (secondary N) is 1. The van der Waals surface area contributed by atoms with Crippen LogP contribution in [0.5, 0.6) is 0 Å². The fourth-order valence-electron chi connectivity index (χ4n) is 2.06. The third-order valence-electron chi connectivity index (χ3n) is 2.94. The fraction of sp³-hybridized carbons (Fsp3) is 0.462. The second kappa shape index (κ2) is 5.01. The van der Waals surface area contributed by atoms with Crippen LogP contribution in [0.25, 0.3) is 10.9 Å². The van der Waals surface area contributed by atoms with E-state index in [4.69, 9.17) is 0 Å². The lowest BCUT2D eigenvalue weighted by molar-refractivity contribution is 0.593. The number of hydrogen-bond acceptors (Lipinski definition) is 1. The molecule has 3 heteroatoms. The van der Waals surface area contributed by atoms with E-state index in [2.05, 4.69) is 16.5 Å². The number of nitrogens with zero attached hydrogens (tertiary/aromatic N) is 1. The van der Waals surface area contributed by atoms with Crippen molar-refractivity contribution in [1.82, 2.24) is 9.55 Å². The molecule has 2 aromatic rings. The highest BCUT2D eigenvalue weighted by atomic mass is 16.1. The van der Waals surface area contributed by atoms with E-state index in [1.165, 1.54) is 19.3 Å². The molecule has 0 unspecified atom stereocenters. The smallest absolute Gasteiger partial charge is 0.272 e. The number of aromatic amines is 1. The summed E-state index contributed by atoms with van der Waals surface area (Å²) in [7, 11) is 0. The summed E-state index contributed by atoms with van der Waals surface area (Å²) in [5.74, 6) is 0. The molecule has 2 rings (SSSR count). The van der Waals surface area contributed by atoms with Crippen molar-refractivity contribution in [3.63, 3.8) is 0 Å². The van der Waals surface area contributed by atoms with Gasteiger partial charge in [-0.3, -0.25) is 4.79 Å². The number of aromatic nitrogens is 2. The summed E-state index contributed by atoms with van der Waals surface area (Å²) in [6.45, 7) is 3.15. The van der Waals surface area contributed by atoms with Gasteiger partial charge in [0.25, 0.3) is 5.56 Å². The first kappa shape index (κ1) is 11.0. The molecule has 1 N–H and O–H groups in total. The molecule has 0 aliphatic rings. The average molecular weight is 218 g/mol. The van der Waals surface area contributed by atoms with Gasteiger partial charge in [-0.1, -0.05) is 26.2 Å². The van der Waals surface area contributed by atoms with Crippen LogP contribution in [0.3, 0.4) is 0 Å². The standard InChI is InChI=1S/C13H18N2O/c1-2-3-4-5-9-15-10-7-11-6-8-14-13(16)12(11)15/h6-8,10H,2-5,9H2,1H3,(H,14,16). The molecule has 0 radical (unpaired) electrons. The maximum Gasteiger partial charge on any atom is 0.272 e. The van der Waals surface area contributed by atoms with Crippen molar-refractivity contribution in [2.45, 2.75) is 39.2 Å². The largest absolute Gasteiger partial charge is 0.343 e. The number of fused-ring (bicyclic) bond motifs is 1. The Balaban J connectivity index is 2.15. The lowest BCUT2D eigenvalue weighted by Gasteiger charge is -2.03. The van der Waals surface area contributed by atoms with Gasteiger partial charge in [-0.05, 0) is 18.6 Å².